The van der Waals surface area contributed by atoms with Crippen LogP contribution in [-0.4, -0.2) is 36.1 Å². The van der Waals surface area contributed by atoms with Crippen molar-refractivity contribution in [3.63, 3.8) is 0 Å². The predicted molar refractivity (Wildman–Crippen MR) is 80.9 cm³/mol. The molecule has 1 aliphatic rings. The molecule has 1 aliphatic heterocycles. The van der Waals surface area contributed by atoms with Gasteiger partial charge in [-0.2, -0.15) is 13.2 Å². The Morgan fingerprint density at radius 1 is 1.26 bits per heavy atom. The van der Waals surface area contributed by atoms with E-state index in [2.05, 4.69) is 9.72 Å². The van der Waals surface area contributed by atoms with Gasteiger partial charge in [-0.1, -0.05) is 6.92 Å². The highest BCUT2D eigenvalue weighted by Gasteiger charge is 2.53. The molecule has 1 atom stereocenters. The van der Waals surface area contributed by atoms with Crippen molar-refractivity contribution in [2.75, 3.05) is 6.61 Å². The molecule has 0 aliphatic carbocycles. The molecule has 128 valence electrons. The lowest BCUT2D eigenvalue weighted by Gasteiger charge is -2.35. The summed E-state index contributed by atoms with van der Waals surface area (Å²) in [7, 11) is -0.598. The van der Waals surface area contributed by atoms with Gasteiger partial charge in [0, 0.05) is 17.7 Å². The highest BCUT2D eigenvalue weighted by Crippen LogP contribution is 2.39. The Hall–Kier alpha value is -1.28. The average molecular weight is 331 g/mol. The monoisotopic (exact) mass is 331 g/mol. The van der Waals surface area contributed by atoms with E-state index in [0.717, 1.165) is 6.42 Å². The van der Waals surface area contributed by atoms with E-state index in [0.29, 0.717) is 11.0 Å². The summed E-state index contributed by atoms with van der Waals surface area (Å²) in [4.78, 5) is 3.93. The quantitative estimate of drug-likeness (QED) is 0.796. The van der Waals surface area contributed by atoms with Gasteiger partial charge in [0.2, 0.25) is 5.88 Å². The van der Waals surface area contributed by atoms with Gasteiger partial charge in [-0.3, -0.25) is 0 Å². The van der Waals surface area contributed by atoms with Gasteiger partial charge in [0.25, 0.3) is 0 Å². The van der Waals surface area contributed by atoms with Crippen LogP contribution in [0.15, 0.2) is 12.3 Å². The number of aryl methyl sites for hydroxylation is 1. The molecule has 8 heteroatoms. The van der Waals surface area contributed by atoms with Gasteiger partial charge in [0.1, 0.15) is 0 Å². The molecular formula is C15H21BF3NO3. The molecule has 0 radical (unpaired) electrons. The average Bonchev–Trinajstić information content (AvgIpc) is 2.66. The largest absolute Gasteiger partial charge is 0.496 e. The number of rotatable bonds is 4. The van der Waals surface area contributed by atoms with Crippen molar-refractivity contribution in [3.05, 3.63) is 17.8 Å². The summed E-state index contributed by atoms with van der Waals surface area (Å²) in [6.07, 6.45) is -2.17. The van der Waals surface area contributed by atoms with Crippen LogP contribution in [0, 0.1) is 6.92 Å². The molecular weight excluding hydrogens is 310 g/mol. The molecule has 0 bridgehead atoms. The molecule has 1 unspecified atom stereocenters. The minimum atomic E-state index is -4.39. The second-order valence-electron chi connectivity index (χ2n) is 6.45. The van der Waals surface area contributed by atoms with E-state index in [9.17, 15) is 13.2 Å². The molecule has 0 saturated carbocycles. The number of pyridine rings is 1. The first kappa shape index (κ1) is 18.1. The third kappa shape index (κ3) is 3.80. The Balaban J connectivity index is 2.16. The Morgan fingerprint density at radius 2 is 1.91 bits per heavy atom. The zero-order chi connectivity index (χ0) is 17.5. The van der Waals surface area contributed by atoms with Crippen molar-refractivity contribution in [1.82, 2.24) is 4.98 Å². The molecule has 1 fully saturated rings. The van der Waals surface area contributed by atoms with Gasteiger partial charge in [-0.05, 0) is 39.7 Å². The van der Waals surface area contributed by atoms with Crippen molar-refractivity contribution in [2.45, 2.75) is 58.4 Å². The second kappa shape index (κ2) is 5.98. The third-order valence-corrected chi connectivity index (χ3v) is 4.48. The summed E-state index contributed by atoms with van der Waals surface area (Å²) < 4.78 is 53.3. The van der Waals surface area contributed by atoms with Crippen molar-refractivity contribution in [2.24, 2.45) is 0 Å². The second-order valence-corrected chi connectivity index (χ2v) is 6.45. The lowest BCUT2D eigenvalue weighted by Crippen LogP contribution is -2.44. The van der Waals surface area contributed by atoms with Gasteiger partial charge in [0.15, 0.2) is 6.61 Å². The van der Waals surface area contributed by atoms with Crippen LogP contribution in [0.5, 0.6) is 5.88 Å². The van der Waals surface area contributed by atoms with Crippen LogP contribution in [-0.2, 0) is 9.31 Å². The fourth-order valence-corrected chi connectivity index (χ4v) is 2.45. The van der Waals surface area contributed by atoms with E-state index in [1.54, 1.807) is 6.92 Å². The normalized spacial score (nSPS) is 24.1. The van der Waals surface area contributed by atoms with Gasteiger partial charge < -0.3 is 14.0 Å². The molecule has 2 heterocycles. The van der Waals surface area contributed by atoms with Crippen LogP contribution in [0.25, 0.3) is 0 Å². The van der Waals surface area contributed by atoms with Crippen LogP contribution in [0.3, 0.4) is 0 Å². The number of alkyl halides is 3. The summed E-state index contributed by atoms with van der Waals surface area (Å²) in [5.41, 5.74) is 0.466. The van der Waals surface area contributed by atoms with Crippen LogP contribution in [0.2, 0.25) is 0 Å². The standard InChI is InChI=1S/C15H21BF3NO3/c1-6-14(5)13(3,4)22-16(23-14)11-8-20-12(7-10(11)2)21-9-15(17,18)19/h7-8H,6,9H2,1-5H3. The summed E-state index contributed by atoms with van der Waals surface area (Å²) >= 11 is 0. The van der Waals surface area contributed by atoms with E-state index in [4.69, 9.17) is 9.31 Å². The van der Waals surface area contributed by atoms with Crippen LogP contribution < -0.4 is 10.2 Å². The number of nitrogens with zero attached hydrogens (tertiary/aromatic N) is 1. The molecule has 1 aromatic rings. The zero-order valence-corrected chi connectivity index (χ0v) is 14.0. The number of hydrogen-bond acceptors (Lipinski definition) is 4. The number of halogens is 3. The molecule has 0 amide bonds. The van der Waals surface area contributed by atoms with Crippen LogP contribution in [0.1, 0.15) is 39.7 Å². The fraction of sp³-hybridized carbons (Fsp3) is 0.667. The van der Waals surface area contributed by atoms with Crippen molar-refractivity contribution >= 4 is 12.6 Å². The third-order valence-electron chi connectivity index (χ3n) is 4.48. The Bertz CT molecular complexity index is 580. The summed E-state index contributed by atoms with van der Waals surface area (Å²) in [6.45, 7) is 8.32. The molecule has 0 N–H and O–H groups in total. The van der Waals surface area contributed by atoms with Crippen molar-refractivity contribution < 1.29 is 27.2 Å². The topological polar surface area (TPSA) is 40.6 Å². The first-order valence-electron chi connectivity index (χ1n) is 7.49. The highest BCUT2D eigenvalue weighted by molar-refractivity contribution is 6.62. The van der Waals surface area contributed by atoms with E-state index >= 15 is 0 Å². The number of aromatic nitrogens is 1. The summed E-state index contributed by atoms with van der Waals surface area (Å²) in [5.74, 6) is -0.0703. The van der Waals surface area contributed by atoms with E-state index in [1.165, 1.54) is 12.3 Å². The first-order valence-corrected chi connectivity index (χ1v) is 7.49. The zero-order valence-electron chi connectivity index (χ0n) is 14.0. The van der Waals surface area contributed by atoms with Crippen molar-refractivity contribution in [1.29, 1.82) is 0 Å². The first-order chi connectivity index (χ1) is 10.5. The maximum Gasteiger partial charge on any atom is 0.496 e. The molecule has 0 spiro atoms. The molecule has 4 nitrogen and oxygen atoms in total. The van der Waals surface area contributed by atoms with E-state index in [-0.39, 0.29) is 5.88 Å². The molecule has 0 aromatic carbocycles. The maximum atomic E-state index is 12.2. The Labute approximate surface area is 134 Å². The predicted octanol–water partition coefficient (Wildman–Crippen LogP) is 3.02. The minimum Gasteiger partial charge on any atom is -0.468 e. The van der Waals surface area contributed by atoms with Crippen LogP contribution in [0.4, 0.5) is 13.2 Å². The van der Waals surface area contributed by atoms with E-state index < -0.39 is 31.1 Å². The Morgan fingerprint density at radius 3 is 2.39 bits per heavy atom. The SMILES string of the molecule is CCC1(C)OB(c2cnc(OCC(F)(F)F)cc2C)OC1(C)C. The van der Waals surface area contributed by atoms with E-state index in [1.807, 2.05) is 27.7 Å². The summed E-state index contributed by atoms with van der Waals surface area (Å²) in [6, 6.07) is 1.46. The fourth-order valence-electron chi connectivity index (χ4n) is 2.45. The van der Waals surface area contributed by atoms with Crippen LogP contribution >= 0.6 is 0 Å². The van der Waals surface area contributed by atoms with Gasteiger partial charge in [0.05, 0.1) is 11.2 Å². The lowest BCUT2D eigenvalue weighted by atomic mass is 9.77. The molecule has 23 heavy (non-hydrogen) atoms. The smallest absolute Gasteiger partial charge is 0.468 e. The lowest BCUT2D eigenvalue weighted by molar-refractivity contribution is -0.154. The molecule has 1 aromatic heterocycles. The van der Waals surface area contributed by atoms with Gasteiger partial charge in [-0.15, -0.1) is 0 Å². The Kier molecular flexibility index (Phi) is 4.70. The highest BCUT2D eigenvalue weighted by atomic mass is 19.4. The van der Waals surface area contributed by atoms with Crippen molar-refractivity contribution in [3.8, 4) is 5.88 Å². The molecule has 2 rings (SSSR count). The number of hydrogen-bond donors (Lipinski definition) is 0. The number of ether oxygens (including phenoxy) is 1. The maximum absolute atomic E-state index is 12.2. The van der Waals surface area contributed by atoms with Gasteiger partial charge >= 0.3 is 13.3 Å². The summed E-state index contributed by atoms with van der Waals surface area (Å²) in [5, 5.41) is 0. The minimum absolute atomic E-state index is 0.0703. The molecule has 1 saturated heterocycles. The van der Waals surface area contributed by atoms with Gasteiger partial charge in [-0.25, -0.2) is 4.98 Å².